The van der Waals surface area contributed by atoms with Gasteiger partial charge < -0.3 is 20.9 Å². The van der Waals surface area contributed by atoms with Gasteiger partial charge in [0.15, 0.2) is 0 Å². The van der Waals surface area contributed by atoms with Gasteiger partial charge in [-0.15, -0.1) is 0 Å². The molecule has 0 radical (unpaired) electrons. The normalized spacial score (nSPS) is 16.5. The highest BCUT2D eigenvalue weighted by atomic mass is 16.2. The molecule has 1 aliphatic heterocycles. The van der Waals surface area contributed by atoms with Crippen molar-refractivity contribution in [2.24, 2.45) is 11.7 Å². The van der Waals surface area contributed by atoms with Crippen LogP contribution >= 0.6 is 0 Å². The molecule has 0 bridgehead atoms. The van der Waals surface area contributed by atoms with E-state index in [1.807, 2.05) is 67.5 Å². The molecule has 0 aromatic heterocycles. The molecule has 0 unspecified atom stereocenters. The predicted molar refractivity (Wildman–Crippen MR) is 113 cm³/mol. The Kier molecular flexibility index (Phi) is 6.19. The maximum atomic E-state index is 12.3. The average molecular weight is 380 g/mol. The number of primary amides is 1. The topological polar surface area (TPSA) is 78.7 Å². The van der Waals surface area contributed by atoms with Crippen LogP contribution in [0.15, 0.2) is 48.5 Å². The first-order valence-electron chi connectivity index (χ1n) is 9.63. The molecule has 1 atom stereocenters. The monoisotopic (exact) mass is 380 g/mol. The second-order valence-electron chi connectivity index (χ2n) is 7.48. The minimum absolute atomic E-state index is 0.0772. The molecule has 28 heavy (non-hydrogen) atoms. The van der Waals surface area contributed by atoms with Gasteiger partial charge in [0.1, 0.15) is 0 Å². The lowest BCUT2D eigenvalue weighted by Gasteiger charge is -2.33. The standard InChI is InChI=1S/C22H28N4O2/c1-25(2)19-11-7-17(8-12-19)22(28)24-14-16-5-9-20(10-6-16)26-13-3-4-18(15-26)21(23)27/h5-12,18H,3-4,13-15H2,1-2H3,(H2,23,27)(H,24,28)/t18-/m1/s1. The van der Waals surface area contributed by atoms with Gasteiger partial charge in [-0.3, -0.25) is 9.59 Å². The second kappa shape index (κ2) is 8.78. The third-order valence-corrected chi connectivity index (χ3v) is 5.22. The first-order chi connectivity index (χ1) is 13.4. The highest BCUT2D eigenvalue weighted by Crippen LogP contribution is 2.23. The van der Waals surface area contributed by atoms with Gasteiger partial charge in [0, 0.05) is 50.7 Å². The SMILES string of the molecule is CN(C)c1ccc(C(=O)NCc2ccc(N3CCC[C@@H](C(N)=O)C3)cc2)cc1. The summed E-state index contributed by atoms with van der Waals surface area (Å²) in [5, 5.41) is 2.96. The number of rotatable bonds is 6. The van der Waals surface area contributed by atoms with Crippen molar-refractivity contribution in [3.05, 3.63) is 59.7 Å². The molecule has 148 valence electrons. The van der Waals surface area contributed by atoms with Crippen LogP contribution in [0.1, 0.15) is 28.8 Å². The van der Waals surface area contributed by atoms with E-state index >= 15 is 0 Å². The van der Waals surface area contributed by atoms with Crippen LogP contribution in [0.25, 0.3) is 0 Å². The number of nitrogens with two attached hydrogens (primary N) is 1. The van der Waals surface area contributed by atoms with Crippen LogP contribution in [0.2, 0.25) is 0 Å². The number of hydrogen-bond acceptors (Lipinski definition) is 4. The molecule has 0 saturated carbocycles. The summed E-state index contributed by atoms with van der Waals surface area (Å²) in [6, 6.07) is 15.6. The molecule has 2 aromatic carbocycles. The van der Waals surface area contributed by atoms with Crippen LogP contribution in [0.4, 0.5) is 11.4 Å². The predicted octanol–water partition coefficient (Wildman–Crippen LogP) is 2.38. The lowest BCUT2D eigenvalue weighted by molar-refractivity contribution is -0.122. The summed E-state index contributed by atoms with van der Waals surface area (Å²) >= 11 is 0. The Bertz CT molecular complexity index is 815. The number of benzene rings is 2. The Morgan fingerprint density at radius 1 is 1.11 bits per heavy atom. The average Bonchev–Trinajstić information content (AvgIpc) is 2.72. The van der Waals surface area contributed by atoms with Crippen molar-refractivity contribution >= 4 is 23.2 Å². The molecule has 1 heterocycles. The third-order valence-electron chi connectivity index (χ3n) is 5.22. The van der Waals surface area contributed by atoms with Crippen molar-refractivity contribution in [3.63, 3.8) is 0 Å². The fraction of sp³-hybridized carbons (Fsp3) is 0.364. The Hall–Kier alpha value is -3.02. The van der Waals surface area contributed by atoms with Gasteiger partial charge in [0.25, 0.3) is 5.91 Å². The molecular formula is C22H28N4O2. The summed E-state index contributed by atoms with van der Waals surface area (Å²) in [5.74, 6) is -0.385. The summed E-state index contributed by atoms with van der Waals surface area (Å²) in [6.07, 6.45) is 1.84. The zero-order valence-electron chi connectivity index (χ0n) is 16.5. The Morgan fingerprint density at radius 3 is 2.39 bits per heavy atom. The second-order valence-corrected chi connectivity index (χ2v) is 7.48. The summed E-state index contributed by atoms with van der Waals surface area (Å²) in [4.78, 5) is 28.0. The molecule has 1 aliphatic rings. The number of carbonyl (C=O) groups excluding carboxylic acids is 2. The summed E-state index contributed by atoms with van der Waals surface area (Å²) in [5.41, 5.74) is 9.28. The van der Waals surface area contributed by atoms with E-state index in [0.29, 0.717) is 18.7 Å². The highest BCUT2D eigenvalue weighted by Gasteiger charge is 2.24. The van der Waals surface area contributed by atoms with E-state index in [0.717, 1.165) is 36.3 Å². The number of nitrogens with zero attached hydrogens (tertiary/aromatic N) is 2. The molecular weight excluding hydrogens is 352 g/mol. The lowest BCUT2D eigenvalue weighted by atomic mass is 9.97. The van der Waals surface area contributed by atoms with Gasteiger partial charge in [-0.2, -0.15) is 0 Å². The largest absolute Gasteiger partial charge is 0.378 e. The molecule has 2 amide bonds. The molecule has 2 aromatic rings. The van der Waals surface area contributed by atoms with Gasteiger partial charge in [0.2, 0.25) is 5.91 Å². The van der Waals surface area contributed by atoms with Crippen molar-refractivity contribution in [1.29, 1.82) is 0 Å². The number of nitrogens with one attached hydrogen (secondary N) is 1. The number of hydrogen-bond donors (Lipinski definition) is 2. The van der Waals surface area contributed by atoms with Crippen molar-refractivity contribution in [3.8, 4) is 0 Å². The molecule has 0 aliphatic carbocycles. The smallest absolute Gasteiger partial charge is 0.251 e. The molecule has 6 heteroatoms. The summed E-state index contributed by atoms with van der Waals surface area (Å²) in [7, 11) is 3.94. The van der Waals surface area contributed by atoms with Gasteiger partial charge in [-0.1, -0.05) is 12.1 Å². The maximum Gasteiger partial charge on any atom is 0.251 e. The Labute approximate surface area is 166 Å². The zero-order chi connectivity index (χ0) is 20.1. The van der Waals surface area contributed by atoms with Crippen LogP contribution in [0, 0.1) is 5.92 Å². The fourth-order valence-corrected chi connectivity index (χ4v) is 3.46. The van der Waals surface area contributed by atoms with Crippen LogP contribution in [-0.4, -0.2) is 39.0 Å². The van der Waals surface area contributed by atoms with Crippen LogP contribution in [0.3, 0.4) is 0 Å². The van der Waals surface area contributed by atoms with E-state index in [4.69, 9.17) is 5.73 Å². The van der Waals surface area contributed by atoms with E-state index in [1.165, 1.54) is 0 Å². The van der Waals surface area contributed by atoms with Crippen molar-refractivity contribution < 1.29 is 9.59 Å². The van der Waals surface area contributed by atoms with Gasteiger partial charge >= 0.3 is 0 Å². The van der Waals surface area contributed by atoms with E-state index < -0.39 is 0 Å². The minimum atomic E-state index is -0.220. The third kappa shape index (κ3) is 4.82. The number of piperidine rings is 1. The highest BCUT2D eigenvalue weighted by molar-refractivity contribution is 5.94. The van der Waals surface area contributed by atoms with E-state index in [1.54, 1.807) is 0 Å². The van der Waals surface area contributed by atoms with Gasteiger partial charge in [0.05, 0.1) is 5.92 Å². The molecule has 0 spiro atoms. The Morgan fingerprint density at radius 2 is 1.79 bits per heavy atom. The van der Waals surface area contributed by atoms with E-state index in [9.17, 15) is 9.59 Å². The molecule has 3 N–H and O–H groups in total. The minimum Gasteiger partial charge on any atom is -0.378 e. The number of amides is 2. The van der Waals surface area contributed by atoms with Crippen molar-refractivity contribution in [1.82, 2.24) is 5.32 Å². The van der Waals surface area contributed by atoms with Crippen molar-refractivity contribution in [2.75, 3.05) is 37.0 Å². The van der Waals surface area contributed by atoms with Crippen LogP contribution < -0.4 is 20.9 Å². The lowest BCUT2D eigenvalue weighted by Crippen LogP contribution is -2.41. The van der Waals surface area contributed by atoms with E-state index in [2.05, 4.69) is 10.2 Å². The molecule has 1 fully saturated rings. The van der Waals surface area contributed by atoms with Crippen LogP contribution in [0.5, 0.6) is 0 Å². The summed E-state index contributed by atoms with van der Waals surface area (Å²) in [6.45, 7) is 2.08. The van der Waals surface area contributed by atoms with Gasteiger partial charge in [-0.05, 0) is 54.8 Å². The maximum absolute atomic E-state index is 12.3. The quantitative estimate of drug-likeness (QED) is 0.807. The van der Waals surface area contributed by atoms with Crippen molar-refractivity contribution in [2.45, 2.75) is 19.4 Å². The van der Waals surface area contributed by atoms with E-state index in [-0.39, 0.29) is 17.7 Å². The van der Waals surface area contributed by atoms with Gasteiger partial charge in [-0.25, -0.2) is 0 Å². The number of carbonyl (C=O) groups is 2. The first-order valence-corrected chi connectivity index (χ1v) is 9.63. The van der Waals surface area contributed by atoms with Crippen LogP contribution in [-0.2, 0) is 11.3 Å². The zero-order valence-corrected chi connectivity index (χ0v) is 16.5. The molecule has 1 saturated heterocycles. The fourth-order valence-electron chi connectivity index (χ4n) is 3.46. The molecule has 6 nitrogen and oxygen atoms in total. The summed E-state index contributed by atoms with van der Waals surface area (Å²) < 4.78 is 0. The number of anilines is 2. The Balaban J connectivity index is 1.55. The molecule has 3 rings (SSSR count). The first kappa shape index (κ1) is 19.7.